The molecule has 0 bridgehead atoms. The summed E-state index contributed by atoms with van der Waals surface area (Å²) in [5.41, 5.74) is 6.01. The van der Waals surface area contributed by atoms with E-state index < -0.39 is 10.0 Å². The van der Waals surface area contributed by atoms with Crippen molar-refractivity contribution in [1.82, 2.24) is 4.31 Å². The smallest absolute Gasteiger partial charge is 0.242 e. The number of nitrogens with two attached hydrogens (primary N) is 1. The molecular formula is C13H18N2O3S. The lowest BCUT2D eigenvalue weighted by molar-refractivity contribution is 0.185. The molecule has 0 aromatic heterocycles. The molecule has 104 valence electrons. The number of nitrogens with zero attached hydrogens (tertiary/aromatic N) is 1. The zero-order chi connectivity index (χ0) is 14.3. The van der Waals surface area contributed by atoms with Crippen LogP contribution in [0, 0.1) is 11.8 Å². The Kier molecular flexibility index (Phi) is 5.99. The van der Waals surface area contributed by atoms with Crippen LogP contribution >= 0.6 is 0 Å². The minimum atomic E-state index is -3.47. The molecule has 0 fully saturated rings. The Morgan fingerprint density at radius 1 is 1.32 bits per heavy atom. The average molecular weight is 282 g/mol. The van der Waals surface area contributed by atoms with E-state index in [1.54, 1.807) is 24.3 Å². The van der Waals surface area contributed by atoms with Crippen LogP contribution in [0.2, 0.25) is 0 Å². The summed E-state index contributed by atoms with van der Waals surface area (Å²) in [5, 5.41) is 0. The molecule has 5 nitrogen and oxygen atoms in total. The fraction of sp³-hybridized carbons (Fsp3) is 0.385. The molecule has 0 aliphatic heterocycles. The summed E-state index contributed by atoms with van der Waals surface area (Å²) in [5.74, 6) is 5.56. The molecule has 1 aromatic rings. The molecule has 0 saturated heterocycles. The van der Waals surface area contributed by atoms with E-state index in [4.69, 9.17) is 10.5 Å². The quantitative estimate of drug-likeness (QED) is 0.787. The van der Waals surface area contributed by atoms with Crippen molar-refractivity contribution in [1.29, 1.82) is 0 Å². The number of hydrogen-bond acceptors (Lipinski definition) is 4. The lowest BCUT2D eigenvalue weighted by atomic mass is 10.2. The van der Waals surface area contributed by atoms with Gasteiger partial charge >= 0.3 is 0 Å². The monoisotopic (exact) mass is 282 g/mol. The zero-order valence-corrected chi connectivity index (χ0v) is 11.9. The molecule has 2 N–H and O–H groups in total. The van der Waals surface area contributed by atoms with Crippen LogP contribution in [0.25, 0.3) is 0 Å². The van der Waals surface area contributed by atoms with Crippen LogP contribution in [0.4, 0.5) is 0 Å². The second-order valence-electron chi connectivity index (χ2n) is 3.85. The second kappa shape index (κ2) is 7.26. The van der Waals surface area contributed by atoms with E-state index >= 15 is 0 Å². The van der Waals surface area contributed by atoms with Gasteiger partial charge in [0.1, 0.15) is 0 Å². The van der Waals surface area contributed by atoms with Crippen molar-refractivity contribution < 1.29 is 13.2 Å². The van der Waals surface area contributed by atoms with Crippen LogP contribution in [0.1, 0.15) is 5.56 Å². The number of hydrogen-bond donors (Lipinski definition) is 1. The van der Waals surface area contributed by atoms with Crippen LogP contribution in [0.3, 0.4) is 0 Å². The van der Waals surface area contributed by atoms with Crippen molar-refractivity contribution in [2.24, 2.45) is 5.73 Å². The minimum Gasteiger partial charge on any atom is -0.383 e. The van der Waals surface area contributed by atoms with Gasteiger partial charge in [-0.3, -0.25) is 0 Å². The first-order valence-electron chi connectivity index (χ1n) is 5.76. The molecule has 0 spiro atoms. The van der Waals surface area contributed by atoms with Crippen molar-refractivity contribution in [2.75, 3.05) is 33.9 Å². The summed E-state index contributed by atoms with van der Waals surface area (Å²) in [6, 6.07) is 6.41. The average Bonchev–Trinajstić information content (AvgIpc) is 2.42. The molecule has 6 heteroatoms. The van der Waals surface area contributed by atoms with Gasteiger partial charge in [0.05, 0.1) is 18.0 Å². The standard InChI is InChI=1S/C13H18N2O3S/c1-15(10-11-18-2)19(16,17)13-7-5-12(6-8-13)4-3-9-14/h5-8H,9-11,14H2,1-2H3. The van der Waals surface area contributed by atoms with Crippen LogP contribution in [0.15, 0.2) is 29.2 Å². The van der Waals surface area contributed by atoms with E-state index in [1.165, 1.54) is 18.5 Å². The minimum absolute atomic E-state index is 0.240. The molecule has 1 aromatic carbocycles. The number of methoxy groups -OCH3 is 1. The van der Waals surface area contributed by atoms with E-state index in [0.717, 1.165) is 5.56 Å². The highest BCUT2D eigenvalue weighted by molar-refractivity contribution is 7.89. The second-order valence-corrected chi connectivity index (χ2v) is 5.89. The third-order valence-corrected chi connectivity index (χ3v) is 4.38. The first kappa shape index (κ1) is 15.7. The Bertz CT molecular complexity index is 556. The first-order valence-corrected chi connectivity index (χ1v) is 7.20. The summed E-state index contributed by atoms with van der Waals surface area (Å²) in [4.78, 5) is 0.240. The van der Waals surface area contributed by atoms with Gasteiger partial charge in [-0.1, -0.05) is 11.8 Å². The van der Waals surface area contributed by atoms with Crippen LogP contribution < -0.4 is 5.73 Å². The molecule has 1 rings (SSSR count). The predicted octanol–water partition coefficient (Wildman–Crippen LogP) is 0.264. The van der Waals surface area contributed by atoms with Gasteiger partial charge < -0.3 is 10.5 Å². The Labute approximate surface area is 114 Å². The molecule has 0 aliphatic carbocycles. The van der Waals surface area contributed by atoms with Crippen molar-refractivity contribution in [3.63, 3.8) is 0 Å². The van der Waals surface area contributed by atoms with E-state index in [9.17, 15) is 8.42 Å². The first-order chi connectivity index (χ1) is 9.02. The largest absolute Gasteiger partial charge is 0.383 e. The maximum absolute atomic E-state index is 12.2. The lowest BCUT2D eigenvalue weighted by Crippen LogP contribution is -2.30. The van der Waals surface area contributed by atoms with Gasteiger partial charge in [0.2, 0.25) is 10.0 Å². The highest BCUT2D eigenvalue weighted by Gasteiger charge is 2.19. The normalized spacial score (nSPS) is 11.2. The fourth-order valence-corrected chi connectivity index (χ4v) is 2.54. The highest BCUT2D eigenvalue weighted by Crippen LogP contribution is 2.14. The molecule has 0 saturated carbocycles. The van der Waals surface area contributed by atoms with Gasteiger partial charge in [0, 0.05) is 26.3 Å². The topological polar surface area (TPSA) is 72.6 Å². The highest BCUT2D eigenvalue weighted by atomic mass is 32.2. The molecule has 19 heavy (non-hydrogen) atoms. The van der Waals surface area contributed by atoms with Crippen LogP contribution in [-0.4, -0.2) is 46.6 Å². The number of likely N-dealkylation sites (N-methyl/N-ethyl adjacent to an activating group) is 1. The van der Waals surface area contributed by atoms with Gasteiger partial charge in [-0.2, -0.15) is 4.31 Å². The van der Waals surface area contributed by atoms with E-state index in [-0.39, 0.29) is 11.4 Å². The fourth-order valence-electron chi connectivity index (χ4n) is 1.38. The number of benzene rings is 1. The van der Waals surface area contributed by atoms with Gasteiger partial charge in [-0.15, -0.1) is 0 Å². The lowest BCUT2D eigenvalue weighted by Gasteiger charge is -2.16. The van der Waals surface area contributed by atoms with Crippen LogP contribution in [0.5, 0.6) is 0 Å². The molecule has 0 amide bonds. The third kappa shape index (κ3) is 4.33. The predicted molar refractivity (Wildman–Crippen MR) is 74.1 cm³/mol. The van der Waals surface area contributed by atoms with Crippen LogP contribution in [-0.2, 0) is 14.8 Å². The number of sulfonamides is 1. The van der Waals surface area contributed by atoms with Gasteiger partial charge in [-0.05, 0) is 24.3 Å². The van der Waals surface area contributed by atoms with Crippen molar-refractivity contribution >= 4 is 10.0 Å². The van der Waals surface area contributed by atoms with Gasteiger partial charge in [-0.25, -0.2) is 8.42 Å². The van der Waals surface area contributed by atoms with E-state index in [2.05, 4.69) is 11.8 Å². The molecule has 0 heterocycles. The van der Waals surface area contributed by atoms with Crippen molar-refractivity contribution in [3.05, 3.63) is 29.8 Å². The van der Waals surface area contributed by atoms with E-state index in [1.807, 2.05) is 0 Å². The Hall–Kier alpha value is -1.39. The third-order valence-electron chi connectivity index (χ3n) is 2.51. The zero-order valence-electron chi connectivity index (χ0n) is 11.1. The molecule has 0 unspecified atom stereocenters. The maximum Gasteiger partial charge on any atom is 0.242 e. The molecule has 0 radical (unpaired) electrons. The van der Waals surface area contributed by atoms with Crippen molar-refractivity contribution in [2.45, 2.75) is 4.90 Å². The van der Waals surface area contributed by atoms with Gasteiger partial charge in [0.25, 0.3) is 0 Å². The maximum atomic E-state index is 12.2. The summed E-state index contributed by atoms with van der Waals surface area (Å²) >= 11 is 0. The van der Waals surface area contributed by atoms with Crippen molar-refractivity contribution in [3.8, 4) is 11.8 Å². The SMILES string of the molecule is COCCN(C)S(=O)(=O)c1ccc(C#CCN)cc1. The number of rotatable bonds is 5. The molecule has 0 atom stereocenters. The Morgan fingerprint density at radius 3 is 2.47 bits per heavy atom. The Morgan fingerprint density at radius 2 is 1.95 bits per heavy atom. The Balaban J connectivity index is 2.90. The molecular weight excluding hydrogens is 264 g/mol. The van der Waals surface area contributed by atoms with E-state index in [0.29, 0.717) is 13.2 Å². The summed E-state index contributed by atoms with van der Waals surface area (Å²) < 4.78 is 30.5. The summed E-state index contributed by atoms with van der Waals surface area (Å²) in [7, 11) is -0.411. The summed E-state index contributed by atoms with van der Waals surface area (Å²) in [6.45, 7) is 0.948. The molecule has 0 aliphatic rings. The summed E-state index contributed by atoms with van der Waals surface area (Å²) in [6.07, 6.45) is 0. The number of ether oxygens (including phenoxy) is 1. The van der Waals surface area contributed by atoms with Gasteiger partial charge in [0.15, 0.2) is 0 Å².